The number of ether oxygens (including phenoxy) is 1. The van der Waals surface area contributed by atoms with Crippen molar-refractivity contribution in [2.75, 3.05) is 31.1 Å². The highest BCUT2D eigenvalue weighted by Crippen LogP contribution is 2.26. The van der Waals surface area contributed by atoms with Gasteiger partial charge in [0.2, 0.25) is 5.95 Å². The zero-order valence-electron chi connectivity index (χ0n) is 16.6. The van der Waals surface area contributed by atoms with Crippen molar-refractivity contribution in [1.82, 2.24) is 19.9 Å². The number of nitrogens with zero attached hydrogens (tertiary/aromatic N) is 5. The second-order valence-corrected chi connectivity index (χ2v) is 8.31. The summed E-state index contributed by atoms with van der Waals surface area (Å²) in [4.78, 5) is 17.9. The minimum absolute atomic E-state index is 0.283. The van der Waals surface area contributed by atoms with Gasteiger partial charge in [0.1, 0.15) is 12.2 Å². The molecule has 2 fully saturated rings. The van der Waals surface area contributed by atoms with Crippen LogP contribution in [-0.2, 0) is 11.2 Å². The van der Waals surface area contributed by atoms with Crippen LogP contribution >= 0.6 is 11.6 Å². The Labute approximate surface area is 171 Å². The fraction of sp³-hybridized carbons (Fsp3) is 0.571. The van der Waals surface area contributed by atoms with E-state index >= 15 is 0 Å². The van der Waals surface area contributed by atoms with E-state index in [1.807, 2.05) is 19.1 Å². The Kier molecular flexibility index (Phi) is 6.09. The van der Waals surface area contributed by atoms with Crippen LogP contribution in [0.1, 0.15) is 31.2 Å². The number of benzene rings is 1. The predicted molar refractivity (Wildman–Crippen MR) is 111 cm³/mol. The molecule has 150 valence electrons. The fourth-order valence-corrected chi connectivity index (χ4v) is 4.43. The maximum Gasteiger partial charge on any atom is 0.228 e. The topological polar surface area (TPSA) is 54.4 Å². The molecule has 1 aromatic heterocycles. The van der Waals surface area contributed by atoms with E-state index in [0.29, 0.717) is 12.1 Å². The second kappa shape index (κ2) is 8.72. The summed E-state index contributed by atoms with van der Waals surface area (Å²) >= 11 is 6.04. The highest BCUT2D eigenvalue weighted by Gasteiger charge is 2.34. The molecular weight excluding hydrogens is 374 g/mol. The largest absolute Gasteiger partial charge is 0.376 e. The van der Waals surface area contributed by atoms with E-state index in [0.717, 1.165) is 62.3 Å². The zero-order valence-corrected chi connectivity index (χ0v) is 17.3. The summed E-state index contributed by atoms with van der Waals surface area (Å²) < 4.78 is 6.01. The molecule has 0 N–H and O–H groups in total. The van der Waals surface area contributed by atoms with E-state index in [-0.39, 0.29) is 6.10 Å². The third kappa shape index (κ3) is 4.62. The fourth-order valence-electron chi connectivity index (χ4n) is 4.30. The van der Waals surface area contributed by atoms with Crippen LogP contribution < -0.4 is 4.90 Å². The molecule has 6 nitrogen and oxygen atoms in total. The molecule has 0 amide bonds. The number of anilines is 1. The first-order chi connectivity index (χ1) is 13.6. The Morgan fingerprint density at radius 1 is 1.14 bits per heavy atom. The summed E-state index contributed by atoms with van der Waals surface area (Å²) in [6, 6.07) is 9.19. The smallest absolute Gasteiger partial charge is 0.228 e. The van der Waals surface area contributed by atoms with Crippen LogP contribution in [0.2, 0.25) is 5.02 Å². The van der Waals surface area contributed by atoms with Crippen molar-refractivity contribution < 1.29 is 4.74 Å². The molecule has 0 spiro atoms. The van der Waals surface area contributed by atoms with Gasteiger partial charge in [0, 0.05) is 36.7 Å². The molecule has 0 radical (unpaired) electrons. The summed E-state index contributed by atoms with van der Waals surface area (Å²) in [6.07, 6.45) is 5.13. The summed E-state index contributed by atoms with van der Waals surface area (Å²) in [5, 5.41) is 0.787. The van der Waals surface area contributed by atoms with Crippen LogP contribution in [-0.4, -0.2) is 64.3 Å². The quantitative estimate of drug-likeness (QED) is 0.784. The van der Waals surface area contributed by atoms with Gasteiger partial charge in [-0.1, -0.05) is 23.7 Å². The molecule has 0 bridgehead atoms. The van der Waals surface area contributed by atoms with E-state index < -0.39 is 0 Å². The standard InChI is InChI=1S/C21H28ClN5O/c1-15-12-27(20(13-28-15)11-17-3-5-18(22)6-4-17)19-7-9-26(10-8-19)21-24-14-23-16(2)25-21/h3-6,14-15,19-20H,7-13H2,1-2H3/t15-,20-/m0/s1. The van der Waals surface area contributed by atoms with E-state index in [4.69, 9.17) is 16.3 Å². The molecule has 2 atom stereocenters. The average Bonchev–Trinajstić information content (AvgIpc) is 2.71. The molecule has 0 unspecified atom stereocenters. The molecule has 2 aliphatic rings. The van der Waals surface area contributed by atoms with Crippen molar-refractivity contribution in [3.8, 4) is 0 Å². The minimum Gasteiger partial charge on any atom is -0.376 e. The van der Waals surface area contributed by atoms with Crippen molar-refractivity contribution in [3.63, 3.8) is 0 Å². The van der Waals surface area contributed by atoms with Crippen LogP contribution in [0.15, 0.2) is 30.6 Å². The molecule has 28 heavy (non-hydrogen) atoms. The first-order valence-electron chi connectivity index (χ1n) is 10.1. The van der Waals surface area contributed by atoms with Crippen molar-refractivity contribution in [2.45, 2.75) is 51.3 Å². The van der Waals surface area contributed by atoms with Crippen molar-refractivity contribution >= 4 is 17.5 Å². The first kappa shape index (κ1) is 19.6. The van der Waals surface area contributed by atoms with Gasteiger partial charge in [-0.25, -0.2) is 9.97 Å². The maximum absolute atomic E-state index is 6.04. The Bertz CT molecular complexity index is 779. The van der Waals surface area contributed by atoms with Gasteiger partial charge in [-0.05, 0) is 50.8 Å². The lowest BCUT2D eigenvalue weighted by molar-refractivity contribution is -0.0745. The van der Waals surface area contributed by atoms with Crippen LogP contribution in [0.5, 0.6) is 0 Å². The van der Waals surface area contributed by atoms with Crippen molar-refractivity contribution in [2.24, 2.45) is 0 Å². The third-order valence-corrected chi connectivity index (χ3v) is 6.04. The molecule has 2 saturated heterocycles. The highest BCUT2D eigenvalue weighted by molar-refractivity contribution is 6.30. The summed E-state index contributed by atoms with van der Waals surface area (Å²) in [7, 11) is 0. The predicted octanol–water partition coefficient (Wildman–Crippen LogP) is 3.13. The maximum atomic E-state index is 6.04. The number of piperidine rings is 1. The lowest BCUT2D eigenvalue weighted by Crippen LogP contribution is -2.56. The Morgan fingerprint density at radius 2 is 1.89 bits per heavy atom. The monoisotopic (exact) mass is 401 g/mol. The van der Waals surface area contributed by atoms with Gasteiger partial charge in [0.25, 0.3) is 0 Å². The number of aromatic nitrogens is 3. The van der Waals surface area contributed by atoms with Crippen LogP contribution in [0.3, 0.4) is 0 Å². The van der Waals surface area contributed by atoms with Gasteiger partial charge in [0.05, 0.1) is 12.7 Å². The van der Waals surface area contributed by atoms with Gasteiger partial charge in [0.15, 0.2) is 0 Å². The van der Waals surface area contributed by atoms with Gasteiger partial charge < -0.3 is 9.64 Å². The number of aryl methyl sites for hydroxylation is 1. The summed E-state index contributed by atoms with van der Waals surface area (Å²) in [6.45, 7) is 7.83. The molecule has 0 aliphatic carbocycles. The Morgan fingerprint density at radius 3 is 2.61 bits per heavy atom. The molecule has 2 aliphatic heterocycles. The van der Waals surface area contributed by atoms with E-state index in [9.17, 15) is 0 Å². The van der Waals surface area contributed by atoms with Gasteiger partial charge in [-0.3, -0.25) is 4.90 Å². The molecule has 7 heteroatoms. The van der Waals surface area contributed by atoms with Gasteiger partial charge in [-0.15, -0.1) is 0 Å². The lowest BCUT2D eigenvalue weighted by atomic mass is 9.96. The highest BCUT2D eigenvalue weighted by atomic mass is 35.5. The van der Waals surface area contributed by atoms with E-state index in [1.165, 1.54) is 5.56 Å². The first-order valence-corrected chi connectivity index (χ1v) is 10.5. The SMILES string of the molecule is Cc1ncnc(N2CCC(N3C[C@H](C)OC[C@@H]3Cc3ccc(Cl)cc3)CC2)n1. The van der Waals surface area contributed by atoms with Crippen LogP contribution in [0.25, 0.3) is 0 Å². The van der Waals surface area contributed by atoms with Crippen LogP contribution in [0.4, 0.5) is 5.95 Å². The van der Waals surface area contributed by atoms with Gasteiger partial charge >= 0.3 is 0 Å². The average molecular weight is 402 g/mol. The number of rotatable bonds is 4. The molecule has 4 rings (SSSR count). The van der Waals surface area contributed by atoms with Crippen LogP contribution in [0, 0.1) is 6.92 Å². The Balaban J connectivity index is 1.41. The number of hydrogen-bond acceptors (Lipinski definition) is 6. The number of morpholine rings is 1. The lowest BCUT2D eigenvalue weighted by Gasteiger charge is -2.46. The zero-order chi connectivity index (χ0) is 19.5. The molecule has 0 saturated carbocycles. The Hall–Kier alpha value is -1.76. The van der Waals surface area contributed by atoms with E-state index in [2.05, 4.69) is 43.8 Å². The second-order valence-electron chi connectivity index (χ2n) is 7.88. The number of halogens is 1. The summed E-state index contributed by atoms with van der Waals surface area (Å²) in [5.74, 6) is 1.58. The van der Waals surface area contributed by atoms with Gasteiger partial charge in [-0.2, -0.15) is 4.98 Å². The van der Waals surface area contributed by atoms with Crippen molar-refractivity contribution in [1.29, 1.82) is 0 Å². The molecule has 3 heterocycles. The minimum atomic E-state index is 0.283. The molecule has 2 aromatic rings. The number of hydrogen-bond donors (Lipinski definition) is 0. The van der Waals surface area contributed by atoms with Crippen molar-refractivity contribution in [3.05, 3.63) is 47.0 Å². The normalized spacial score (nSPS) is 24.5. The van der Waals surface area contributed by atoms with E-state index in [1.54, 1.807) is 6.33 Å². The molecule has 1 aromatic carbocycles. The molecular formula is C21H28ClN5O. The summed E-state index contributed by atoms with van der Waals surface area (Å²) in [5.41, 5.74) is 1.32. The third-order valence-electron chi connectivity index (χ3n) is 5.79.